The molecule has 1 saturated carbocycles. The van der Waals surface area contributed by atoms with Crippen molar-refractivity contribution in [2.45, 2.75) is 38.6 Å². The summed E-state index contributed by atoms with van der Waals surface area (Å²) in [7, 11) is 0. The smallest absolute Gasteiger partial charge is 0.267 e. The van der Waals surface area contributed by atoms with Crippen molar-refractivity contribution in [3.8, 4) is 0 Å². The molecule has 2 fully saturated rings. The Bertz CT molecular complexity index is 1220. The molecule has 2 aromatic heterocycles. The number of benzene rings is 1. The minimum absolute atomic E-state index is 0.0574. The third kappa shape index (κ3) is 3.88. The molecule has 32 heavy (non-hydrogen) atoms. The van der Waals surface area contributed by atoms with Gasteiger partial charge in [0.05, 0.1) is 10.2 Å². The van der Waals surface area contributed by atoms with Crippen molar-refractivity contribution in [2.75, 3.05) is 36.4 Å². The number of rotatable bonds is 4. The molecule has 3 heterocycles. The molecule has 2 N–H and O–H groups in total. The molecule has 7 nitrogen and oxygen atoms in total. The number of piperazine rings is 1. The maximum Gasteiger partial charge on any atom is 0.267 e. The Morgan fingerprint density at radius 3 is 2.69 bits per heavy atom. The summed E-state index contributed by atoms with van der Waals surface area (Å²) >= 11 is 3.46. The Kier molecular flexibility index (Phi) is 5.86. The highest BCUT2D eigenvalue weighted by Crippen LogP contribution is 2.33. The molecule has 0 amide bonds. The van der Waals surface area contributed by atoms with Crippen LogP contribution in [0.4, 0.5) is 21.7 Å². The zero-order valence-electron chi connectivity index (χ0n) is 18.0. The number of halogens is 2. The normalized spacial score (nSPS) is 17.3. The van der Waals surface area contributed by atoms with E-state index in [2.05, 4.69) is 31.5 Å². The van der Waals surface area contributed by atoms with Gasteiger partial charge in [-0.25, -0.2) is 9.37 Å². The van der Waals surface area contributed by atoms with Crippen LogP contribution in [0.15, 0.2) is 33.7 Å². The number of fused-ring (bicyclic) bond motifs is 1. The van der Waals surface area contributed by atoms with Crippen LogP contribution in [0.2, 0.25) is 0 Å². The molecule has 0 spiro atoms. The Labute approximate surface area is 194 Å². The van der Waals surface area contributed by atoms with Gasteiger partial charge in [0, 0.05) is 49.5 Å². The summed E-state index contributed by atoms with van der Waals surface area (Å²) in [5.41, 5.74) is 2.57. The lowest BCUT2D eigenvalue weighted by Crippen LogP contribution is -2.43. The standard InChI is InChI=1S/C23H26BrFN6O/c1-14-17-13-27-23(29-21(17)31(22(32)20(14)24)16-4-2-3-5-16)28-15-6-7-19(18(25)12-15)30-10-8-26-9-11-30/h6-7,12-13,16,26H,2-5,8-11H2,1H3,(H,27,28,29). The third-order valence-electron chi connectivity index (χ3n) is 6.49. The maximum absolute atomic E-state index is 14.8. The minimum Gasteiger partial charge on any atom is -0.367 e. The molecule has 0 atom stereocenters. The molecule has 9 heteroatoms. The van der Waals surface area contributed by atoms with Crippen LogP contribution in [0.25, 0.3) is 11.0 Å². The van der Waals surface area contributed by atoms with E-state index >= 15 is 0 Å². The van der Waals surface area contributed by atoms with Crippen molar-refractivity contribution in [3.63, 3.8) is 0 Å². The molecule has 1 aromatic carbocycles. The van der Waals surface area contributed by atoms with Crippen molar-refractivity contribution < 1.29 is 4.39 Å². The van der Waals surface area contributed by atoms with Crippen LogP contribution in [0.5, 0.6) is 0 Å². The fourth-order valence-corrected chi connectivity index (χ4v) is 5.14. The highest BCUT2D eigenvalue weighted by atomic mass is 79.9. The minimum atomic E-state index is -0.277. The molecule has 1 saturated heterocycles. The monoisotopic (exact) mass is 500 g/mol. The van der Waals surface area contributed by atoms with Gasteiger partial charge in [-0.05, 0) is 59.5 Å². The summed E-state index contributed by atoms with van der Waals surface area (Å²) in [5.74, 6) is 0.0695. The first-order chi connectivity index (χ1) is 15.5. The number of aryl methyl sites for hydroxylation is 1. The molecule has 168 valence electrons. The summed E-state index contributed by atoms with van der Waals surface area (Å²) in [6, 6.07) is 5.24. The molecule has 0 bridgehead atoms. The van der Waals surface area contributed by atoms with Gasteiger partial charge < -0.3 is 15.5 Å². The first kappa shape index (κ1) is 21.3. The van der Waals surface area contributed by atoms with Gasteiger partial charge in [-0.15, -0.1) is 0 Å². The SMILES string of the molecule is Cc1c(Br)c(=O)n(C2CCCC2)c2nc(Nc3ccc(N4CCNCC4)c(F)c3)ncc12. The van der Waals surface area contributed by atoms with Gasteiger partial charge in [-0.1, -0.05) is 12.8 Å². The van der Waals surface area contributed by atoms with Gasteiger partial charge in [0.2, 0.25) is 5.95 Å². The van der Waals surface area contributed by atoms with Crippen LogP contribution in [-0.4, -0.2) is 40.7 Å². The summed E-state index contributed by atoms with van der Waals surface area (Å²) < 4.78 is 17.2. The molecule has 1 aliphatic carbocycles. The largest absolute Gasteiger partial charge is 0.367 e. The van der Waals surface area contributed by atoms with E-state index in [4.69, 9.17) is 4.98 Å². The number of aromatic nitrogens is 3. The van der Waals surface area contributed by atoms with E-state index in [0.717, 1.165) is 62.8 Å². The predicted molar refractivity (Wildman–Crippen MR) is 129 cm³/mol. The molecule has 3 aromatic rings. The molecule has 0 unspecified atom stereocenters. The van der Waals surface area contributed by atoms with Gasteiger partial charge >= 0.3 is 0 Å². The maximum atomic E-state index is 14.8. The van der Waals surface area contributed by atoms with E-state index in [1.165, 1.54) is 6.07 Å². The molecule has 1 aliphatic heterocycles. The van der Waals surface area contributed by atoms with Crippen LogP contribution in [-0.2, 0) is 0 Å². The van der Waals surface area contributed by atoms with Gasteiger partial charge in [-0.3, -0.25) is 9.36 Å². The Balaban J connectivity index is 1.50. The summed E-state index contributed by atoms with van der Waals surface area (Å²) in [4.78, 5) is 24.3. The van der Waals surface area contributed by atoms with Crippen LogP contribution < -0.4 is 21.1 Å². The first-order valence-electron chi connectivity index (χ1n) is 11.1. The number of hydrogen-bond donors (Lipinski definition) is 2. The van der Waals surface area contributed by atoms with Gasteiger partial charge in [0.15, 0.2) is 0 Å². The van der Waals surface area contributed by atoms with Gasteiger partial charge in [0.1, 0.15) is 11.5 Å². The molecular weight excluding hydrogens is 475 g/mol. The molecule has 0 radical (unpaired) electrons. The summed E-state index contributed by atoms with van der Waals surface area (Å²) in [6.45, 7) is 5.16. The number of nitrogens with one attached hydrogen (secondary N) is 2. The number of anilines is 3. The highest BCUT2D eigenvalue weighted by Gasteiger charge is 2.24. The van der Waals surface area contributed by atoms with Crippen molar-refractivity contribution in [3.05, 3.63) is 50.6 Å². The second-order valence-electron chi connectivity index (χ2n) is 8.51. The zero-order valence-corrected chi connectivity index (χ0v) is 19.6. The highest BCUT2D eigenvalue weighted by molar-refractivity contribution is 9.10. The van der Waals surface area contributed by atoms with Crippen LogP contribution in [0, 0.1) is 12.7 Å². The molecule has 2 aliphatic rings. The van der Waals surface area contributed by atoms with Crippen LogP contribution >= 0.6 is 15.9 Å². The molecular formula is C23H26BrFN6O. The zero-order chi connectivity index (χ0) is 22.2. The van der Waals surface area contributed by atoms with Crippen molar-refractivity contribution in [2.24, 2.45) is 0 Å². The number of pyridine rings is 1. The second-order valence-corrected chi connectivity index (χ2v) is 9.30. The van der Waals surface area contributed by atoms with E-state index in [1.54, 1.807) is 16.8 Å². The van der Waals surface area contributed by atoms with Gasteiger partial charge in [0.25, 0.3) is 5.56 Å². The van der Waals surface area contributed by atoms with Crippen molar-refractivity contribution >= 4 is 44.3 Å². The van der Waals surface area contributed by atoms with E-state index < -0.39 is 0 Å². The second kappa shape index (κ2) is 8.78. The van der Waals surface area contributed by atoms with E-state index in [9.17, 15) is 9.18 Å². The summed E-state index contributed by atoms with van der Waals surface area (Å²) in [5, 5.41) is 7.24. The first-order valence-corrected chi connectivity index (χ1v) is 11.9. The van der Waals surface area contributed by atoms with Crippen molar-refractivity contribution in [1.29, 1.82) is 0 Å². The Morgan fingerprint density at radius 1 is 1.22 bits per heavy atom. The predicted octanol–water partition coefficient (Wildman–Crippen LogP) is 4.27. The van der Waals surface area contributed by atoms with Crippen LogP contribution in [0.3, 0.4) is 0 Å². The van der Waals surface area contributed by atoms with E-state index in [0.29, 0.717) is 27.4 Å². The third-order valence-corrected chi connectivity index (χ3v) is 7.42. The summed E-state index contributed by atoms with van der Waals surface area (Å²) in [6.07, 6.45) is 5.89. The fraction of sp³-hybridized carbons (Fsp3) is 0.435. The van der Waals surface area contributed by atoms with Gasteiger partial charge in [-0.2, -0.15) is 4.98 Å². The Hall–Kier alpha value is -2.52. The lowest BCUT2D eigenvalue weighted by atomic mass is 10.1. The fourth-order valence-electron chi connectivity index (χ4n) is 4.74. The number of hydrogen-bond acceptors (Lipinski definition) is 6. The van der Waals surface area contributed by atoms with E-state index in [-0.39, 0.29) is 17.4 Å². The number of nitrogens with zero attached hydrogens (tertiary/aromatic N) is 4. The Morgan fingerprint density at radius 2 is 1.97 bits per heavy atom. The van der Waals surface area contributed by atoms with Crippen molar-refractivity contribution in [1.82, 2.24) is 19.9 Å². The topological polar surface area (TPSA) is 75.1 Å². The quantitative estimate of drug-likeness (QED) is 0.557. The molecule has 5 rings (SSSR count). The lowest BCUT2D eigenvalue weighted by Gasteiger charge is -2.29. The van der Waals surface area contributed by atoms with E-state index in [1.807, 2.05) is 17.9 Å². The lowest BCUT2D eigenvalue weighted by molar-refractivity contribution is 0.514. The van der Waals surface area contributed by atoms with Crippen LogP contribution in [0.1, 0.15) is 37.3 Å². The average molecular weight is 501 g/mol. The average Bonchev–Trinajstić information content (AvgIpc) is 3.33.